The first-order chi connectivity index (χ1) is 9.84. The Morgan fingerprint density at radius 1 is 1.38 bits per heavy atom. The summed E-state index contributed by atoms with van der Waals surface area (Å²) in [5, 5.41) is 11.0. The second-order valence-electron chi connectivity index (χ2n) is 4.32. The normalized spacial score (nSPS) is 14.1. The fourth-order valence-corrected chi connectivity index (χ4v) is 1.59. The van der Waals surface area contributed by atoms with E-state index in [2.05, 4.69) is 6.58 Å². The van der Waals surface area contributed by atoms with Gasteiger partial charge in [0, 0.05) is 0 Å². The number of halogens is 3. The number of hydrogen-bond donors (Lipinski definition) is 2. The summed E-state index contributed by atoms with van der Waals surface area (Å²) in [5.74, 6) is 0. The molecular formula is C14H16F3NO3. The highest BCUT2D eigenvalue weighted by atomic mass is 19.4. The fraction of sp³-hybridized carbons (Fsp3) is 0.357. The lowest BCUT2D eigenvalue weighted by Crippen LogP contribution is -2.52. The van der Waals surface area contributed by atoms with Crippen molar-refractivity contribution in [1.82, 2.24) is 5.32 Å². The molecule has 0 aromatic heterocycles. The average Bonchev–Trinajstić information content (AvgIpc) is 2.42. The molecule has 7 heteroatoms. The van der Waals surface area contributed by atoms with Crippen LogP contribution in [0.5, 0.6) is 0 Å². The minimum Gasteiger partial charge on any atom is -0.445 e. The van der Waals surface area contributed by atoms with Crippen molar-refractivity contribution in [2.24, 2.45) is 0 Å². The minimum atomic E-state index is -4.78. The number of alkyl carbamates (subject to hydrolysis) is 1. The van der Waals surface area contributed by atoms with Gasteiger partial charge in [0.15, 0.2) is 6.04 Å². The summed E-state index contributed by atoms with van der Waals surface area (Å²) in [6, 6.07) is 6.11. The maximum atomic E-state index is 12.8. The van der Waals surface area contributed by atoms with Crippen molar-refractivity contribution >= 4 is 6.09 Å². The number of nitrogens with one attached hydrogen (secondary N) is 1. The first kappa shape index (κ1) is 17.0. The number of aliphatic hydroxyl groups excluding tert-OH is 1. The average molecular weight is 303 g/mol. The van der Waals surface area contributed by atoms with Crippen LogP contribution in [0.4, 0.5) is 18.0 Å². The predicted molar refractivity (Wildman–Crippen MR) is 70.4 cm³/mol. The molecule has 2 N–H and O–H groups in total. The Morgan fingerprint density at radius 2 is 2.00 bits per heavy atom. The van der Waals surface area contributed by atoms with Crippen LogP contribution in [-0.4, -0.2) is 29.5 Å². The third-order valence-corrected chi connectivity index (χ3v) is 2.63. The van der Waals surface area contributed by atoms with E-state index >= 15 is 0 Å². The summed E-state index contributed by atoms with van der Waals surface area (Å²) >= 11 is 0. The summed E-state index contributed by atoms with van der Waals surface area (Å²) < 4.78 is 43.0. The number of hydrogen-bond acceptors (Lipinski definition) is 3. The Balaban J connectivity index is 2.58. The van der Waals surface area contributed by atoms with E-state index in [0.717, 1.165) is 6.08 Å². The van der Waals surface area contributed by atoms with E-state index in [0.29, 0.717) is 5.56 Å². The largest absolute Gasteiger partial charge is 0.445 e. The molecule has 2 atom stereocenters. The van der Waals surface area contributed by atoms with E-state index < -0.39 is 24.4 Å². The van der Waals surface area contributed by atoms with Gasteiger partial charge >= 0.3 is 12.3 Å². The Labute approximate surface area is 120 Å². The van der Waals surface area contributed by atoms with Crippen molar-refractivity contribution in [3.8, 4) is 0 Å². The van der Waals surface area contributed by atoms with Crippen molar-refractivity contribution in [2.45, 2.75) is 31.3 Å². The summed E-state index contributed by atoms with van der Waals surface area (Å²) in [5.41, 5.74) is 0.642. The highest BCUT2D eigenvalue weighted by Gasteiger charge is 2.45. The molecule has 0 spiro atoms. The molecular weight excluding hydrogens is 287 g/mol. The standard InChI is InChI=1S/C14H16F3NO3/c1-2-6-11(19)12(14(15,16)17)18-13(20)21-9-10-7-4-3-5-8-10/h2-5,7-8,11-12,19H,1,6,9H2,(H,18,20)/t11-,12+/m0/s1. The second-order valence-corrected chi connectivity index (χ2v) is 4.32. The van der Waals surface area contributed by atoms with Gasteiger partial charge in [0.2, 0.25) is 0 Å². The molecule has 0 saturated heterocycles. The topological polar surface area (TPSA) is 58.6 Å². The Bertz CT molecular complexity index is 462. The number of carbonyl (C=O) groups is 1. The van der Waals surface area contributed by atoms with Gasteiger partial charge in [-0.25, -0.2) is 4.79 Å². The summed E-state index contributed by atoms with van der Waals surface area (Å²) in [4.78, 5) is 11.4. The monoisotopic (exact) mass is 303 g/mol. The molecule has 4 nitrogen and oxygen atoms in total. The van der Waals surface area contributed by atoms with E-state index in [1.807, 2.05) is 0 Å². The maximum absolute atomic E-state index is 12.8. The van der Waals surface area contributed by atoms with Crippen molar-refractivity contribution in [3.05, 3.63) is 48.6 Å². The van der Waals surface area contributed by atoms with E-state index in [1.54, 1.807) is 35.6 Å². The quantitative estimate of drug-likeness (QED) is 0.795. The Hall–Kier alpha value is -2.02. The maximum Gasteiger partial charge on any atom is 0.411 e. The van der Waals surface area contributed by atoms with Gasteiger partial charge in [0.05, 0.1) is 6.10 Å². The SMILES string of the molecule is C=CC[C@H](O)[C@@H](NC(=O)OCc1ccccc1)C(F)(F)F. The molecule has 116 valence electrons. The highest BCUT2D eigenvalue weighted by Crippen LogP contribution is 2.24. The van der Waals surface area contributed by atoms with Gasteiger partial charge in [-0.1, -0.05) is 36.4 Å². The van der Waals surface area contributed by atoms with Gasteiger partial charge < -0.3 is 15.2 Å². The fourth-order valence-electron chi connectivity index (χ4n) is 1.59. The first-order valence-corrected chi connectivity index (χ1v) is 6.17. The van der Waals surface area contributed by atoms with Crippen LogP contribution in [0.25, 0.3) is 0 Å². The van der Waals surface area contributed by atoms with Crippen LogP contribution in [-0.2, 0) is 11.3 Å². The second kappa shape index (κ2) is 7.68. The number of aliphatic hydroxyl groups is 1. The van der Waals surface area contributed by atoms with Crippen LogP contribution in [0.1, 0.15) is 12.0 Å². The van der Waals surface area contributed by atoms with E-state index in [4.69, 9.17) is 4.74 Å². The van der Waals surface area contributed by atoms with Crippen molar-refractivity contribution in [3.63, 3.8) is 0 Å². The molecule has 1 amide bonds. The van der Waals surface area contributed by atoms with E-state index in [9.17, 15) is 23.1 Å². The number of alkyl halides is 3. The summed E-state index contributed by atoms with van der Waals surface area (Å²) in [7, 11) is 0. The highest BCUT2D eigenvalue weighted by molar-refractivity contribution is 5.67. The third-order valence-electron chi connectivity index (χ3n) is 2.63. The smallest absolute Gasteiger partial charge is 0.411 e. The molecule has 1 rings (SSSR count). The third kappa shape index (κ3) is 5.86. The number of rotatable bonds is 6. The molecule has 0 saturated carbocycles. The van der Waals surface area contributed by atoms with Crippen LogP contribution in [0.2, 0.25) is 0 Å². The van der Waals surface area contributed by atoms with Gasteiger partial charge in [-0.15, -0.1) is 6.58 Å². The van der Waals surface area contributed by atoms with Crippen LogP contribution >= 0.6 is 0 Å². The lowest BCUT2D eigenvalue weighted by atomic mass is 10.1. The number of ether oxygens (including phenoxy) is 1. The molecule has 0 aliphatic carbocycles. The summed E-state index contributed by atoms with van der Waals surface area (Å²) in [6.07, 6.45) is -7.01. The van der Waals surface area contributed by atoms with Gasteiger partial charge in [-0.3, -0.25) is 0 Å². The first-order valence-electron chi connectivity index (χ1n) is 6.17. The number of carbonyl (C=O) groups excluding carboxylic acids is 1. The lowest BCUT2D eigenvalue weighted by molar-refractivity contribution is -0.175. The molecule has 1 aromatic carbocycles. The zero-order valence-electron chi connectivity index (χ0n) is 11.1. The Morgan fingerprint density at radius 3 is 2.52 bits per heavy atom. The van der Waals surface area contributed by atoms with Gasteiger partial charge in [-0.05, 0) is 12.0 Å². The predicted octanol–water partition coefficient (Wildman–Crippen LogP) is 2.78. The molecule has 0 radical (unpaired) electrons. The van der Waals surface area contributed by atoms with Crippen LogP contribution in [0.3, 0.4) is 0 Å². The van der Waals surface area contributed by atoms with Gasteiger partial charge in [-0.2, -0.15) is 13.2 Å². The molecule has 0 bridgehead atoms. The lowest BCUT2D eigenvalue weighted by Gasteiger charge is -2.25. The summed E-state index contributed by atoms with van der Waals surface area (Å²) in [6.45, 7) is 3.09. The number of amides is 1. The van der Waals surface area contributed by atoms with Crippen LogP contribution in [0, 0.1) is 0 Å². The molecule has 0 unspecified atom stereocenters. The van der Waals surface area contributed by atoms with Gasteiger partial charge in [0.25, 0.3) is 0 Å². The number of benzene rings is 1. The van der Waals surface area contributed by atoms with Crippen molar-refractivity contribution < 1.29 is 27.8 Å². The van der Waals surface area contributed by atoms with E-state index in [1.165, 1.54) is 0 Å². The molecule has 21 heavy (non-hydrogen) atoms. The van der Waals surface area contributed by atoms with Crippen LogP contribution in [0.15, 0.2) is 43.0 Å². The zero-order valence-corrected chi connectivity index (χ0v) is 11.1. The van der Waals surface area contributed by atoms with Crippen molar-refractivity contribution in [2.75, 3.05) is 0 Å². The van der Waals surface area contributed by atoms with Gasteiger partial charge in [0.1, 0.15) is 6.61 Å². The van der Waals surface area contributed by atoms with Crippen molar-refractivity contribution in [1.29, 1.82) is 0 Å². The van der Waals surface area contributed by atoms with Crippen LogP contribution < -0.4 is 5.32 Å². The molecule has 0 aliphatic heterocycles. The zero-order chi connectivity index (χ0) is 15.9. The molecule has 0 heterocycles. The minimum absolute atomic E-state index is 0.158. The molecule has 0 aliphatic rings. The molecule has 1 aromatic rings. The molecule has 0 fully saturated rings. The van der Waals surface area contributed by atoms with E-state index in [-0.39, 0.29) is 13.0 Å². The Kier molecular flexibility index (Phi) is 6.23.